The summed E-state index contributed by atoms with van der Waals surface area (Å²) in [5, 5.41) is 0.864. The maximum atomic E-state index is 6.33. The van der Waals surface area contributed by atoms with Gasteiger partial charge < -0.3 is 5.73 Å². The first-order valence-corrected chi connectivity index (χ1v) is 7.45. The first-order chi connectivity index (χ1) is 9.75. The molecule has 0 fully saturated rings. The normalized spacial score (nSPS) is 22.4. The molecule has 102 valence electrons. The van der Waals surface area contributed by atoms with Crippen molar-refractivity contribution in [2.45, 2.75) is 24.8 Å². The summed E-state index contributed by atoms with van der Waals surface area (Å²) in [4.78, 5) is 0. The molecule has 1 aliphatic rings. The van der Waals surface area contributed by atoms with Gasteiger partial charge in [0.1, 0.15) is 0 Å². The second kappa shape index (κ2) is 5.82. The maximum absolute atomic E-state index is 6.33. The summed E-state index contributed by atoms with van der Waals surface area (Å²) in [5.41, 5.74) is 8.34. The summed E-state index contributed by atoms with van der Waals surface area (Å²) < 4.78 is 0. The zero-order valence-corrected chi connectivity index (χ0v) is 12.2. The molecule has 0 saturated carbocycles. The van der Waals surface area contributed by atoms with Crippen LogP contribution in [0.2, 0.25) is 5.02 Å². The van der Waals surface area contributed by atoms with Crippen molar-refractivity contribution in [2.75, 3.05) is 0 Å². The van der Waals surface area contributed by atoms with Crippen LogP contribution in [-0.2, 0) is 0 Å². The molecule has 0 bridgehead atoms. The van der Waals surface area contributed by atoms with Gasteiger partial charge >= 0.3 is 0 Å². The van der Waals surface area contributed by atoms with Gasteiger partial charge in [0, 0.05) is 17.4 Å². The molecule has 2 atom stereocenters. The highest BCUT2D eigenvalue weighted by molar-refractivity contribution is 6.31. The lowest BCUT2D eigenvalue weighted by Gasteiger charge is -2.27. The molecule has 0 aromatic heterocycles. The van der Waals surface area contributed by atoms with Crippen LogP contribution >= 0.6 is 11.6 Å². The van der Waals surface area contributed by atoms with Crippen molar-refractivity contribution in [1.82, 2.24) is 0 Å². The average Bonchev–Trinajstić information content (AvgIpc) is 2.49. The highest BCUT2D eigenvalue weighted by atomic mass is 35.5. The minimum atomic E-state index is 0.370. The van der Waals surface area contributed by atoms with Crippen LogP contribution in [0.1, 0.15) is 29.9 Å². The van der Waals surface area contributed by atoms with Crippen LogP contribution in [0, 0.1) is 0 Å². The highest BCUT2D eigenvalue weighted by Gasteiger charge is 2.28. The van der Waals surface area contributed by atoms with Crippen molar-refractivity contribution in [3.8, 4) is 0 Å². The third-order valence-corrected chi connectivity index (χ3v) is 4.46. The molecule has 0 saturated heterocycles. The van der Waals surface area contributed by atoms with Crippen molar-refractivity contribution in [3.05, 3.63) is 76.8 Å². The predicted molar refractivity (Wildman–Crippen MR) is 84.5 cm³/mol. The van der Waals surface area contributed by atoms with Gasteiger partial charge in [-0.2, -0.15) is 0 Å². The van der Waals surface area contributed by atoms with E-state index in [0.29, 0.717) is 12.0 Å². The minimum Gasteiger partial charge on any atom is -0.354 e. The van der Waals surface area contributed by atoms with Crippen molar-refractivity contribution in [3.63, 3.8) is 0 Å². The summed E-state index contributed by atoms with van der Waals surface area (Å²) in [7, 11) is 0. The summed E-state index contributed by atoms with van der Waals surface area (Å²) in [6.07, 6.45) is 4.38. The van der Waals surface area contributed by atoms with Crippen molar-refractivity contribution < 1.29 is 5.73 Å². The second-order valence-corrected chi connectivity index (χ2v) is 5.83. The molecule has 0 aliphatic heterocycles. The fraction of sp³-hybridized carbons (Fsp3) is 0.222. The molecule has 2 heteroatoms. The van der Waals surface area contributed by atoms with Gasteiger partial charge in [-0.3, -0.25) is 0 Å². The molecule has 0 radical (unpaired) electrons. The highest BCUT2D eigenvalue weighted by Crippen LogP contribution is 2.37. The predicted octanol–water partition coefficient (Wildman–Crippen LogP) is 3.91. The monoisotopic (exact) mass is 284 g/mol. The van der Waals surface area contributed by atoms with Gasteiger partial charge in [-0.05, 0) is 29.2 Å². The van der Waals surface area contributed by atoms with E-state index < -0.39 is 0 Å². The standard InChI is InChI=1S/C18H18ClN/c19-17-9-5-4-8-15(17)16-11-10-14(12-18(16)20)13-6-2-1-3-7-13/h1-10,16,18H,11-12,20H2/p+1/t16-,18+/m1/s1. The molecule has 2 aromatic rings. The Morgan fingerprint density at radius 3 is 2.35 bits per heavy atom. The zero-order chi connectivity index (χ0) is 13.9. The van der Waals surface area contributed by atoms with Gasteiger partial charge in [0.2, 0.25) is 0 Å². The van der Waals surface area contributed by atoms with E-state index in [0.717, 1.165) is 17.9 Å². The van der Waals surface area contributed by atoms with Gasteiger partial charge in [-0.1, -0.05) is 66.2 Å². The number of hydrogen-bond acceptors (Lipinski definition) is 0. The Labute approximate surface area is 125 Å². The molecule has 0 spiro atoms. The molecule has 0 heterocycles. The van der Waals surface area contributed by atoms with E-state index in [1.165, 1.54) is 16.7 Å². The lowest BCUT2D eigenvalue weighted by Crippen LogP contribution is -2.64. The van der Waals surface area contributed by atoms with Crippen LogP contribution in [0.15, 0.2) is 60.7 Å². The second-order valence-electron chi connectivity index (χ2n) is 5.42. The van der Waals surface area contributed by atoms with E-state index in [9.17, 15) is 0 Å². The lowest BCUT2D eigenvalue weighted by molar-refractivity contribution is -0.424. The zero-order valence-electron chi connectivity index (χ0n) is 11.4. The number of hydrogen-bond donors (Lipinski definition) is 1. The summed E-state index contributed by atoms with van der Waals surface area (Å²) in [6, 6.07) is 19.1. The number of allylic oxidation sites excluding steroid dienone is 1. The first kappa shape index (κ1) is 13.4. The molecule has 2 aromatic carbocycles. The molecule has 3 rings (SSSR count). The Morgan fingerprint density at radius 2 is 1.65 bits per heavy atom. The quantitative estimate of drug-likeness (QED) is 0.866. The Bertz CT molecular complexity index is 618. The van der Waals surface area contributed by atoms with Gasteiger partial charge in [0.05, 0.1) is 6.04 Å². The van der Waals surface area contributed by atoms with E-state index in [1.54, 1.807) is 0 Å². The Balaban J connectivity index is 1.86. The Hall–Kier alpha value is -1.57. The van der Waals surface area contributed by atoms with E-state index >= 15 is 0 Å². The van der Waals surface area contributed by atoms with Crippen LogP contribution in [0.3, 0.4) is 0 Å². The molecule has 1 aliphatic carbocycles. The van der Waals surface area contributed by atoms with Crippen molar-refractivity contribution >= 4 is 17.2 Å². The van der Waals surface area contributed by atoms with Crippen LogP contribution in [0.25, 0.3) is 5.57 Å². The van der Waals surface area contributed by atoms with Crippen molar-refractivity contribution in [2.24, 2.45) is 0 Å². The first-order valence-electron chi connectivity index (χ1n) is 7.07. The van der Waals surface area contributed by atoms with Crippen LogP contribution in [0.5, 0.6) is 0 Å². The van der Waals surface area contributed by atoms with E-state index in [-0.39, 0.29) is 0 Å². The van der Waals surface area contributed by atoms with Crippen LogP contribution in [0.4, 0.5) is 0 Å². The fourth-order valence-electron chi connectivity index (χ4n) is 3.01. The van der Waals surface area contributed by atoms with E-state index in [1.807, 2.05) is 12.1 Å². The third kappa shape index (κ3) is 2.65. The van der Waals surface area contributed by atoms with Gasteiger partial charge in [0.25, 0.3) is 0 Å². The fourth-order valence-corrected chi connectivity index (χ4v) is 3.29. The minimum absolute atomic E-state index is 0.370. The van der Waals surface area contributed by atoms with Gasteiger partial charge in [0.15, 0.2) is 0 Å². The molecular weight excluding hydrogens is 266 g/mol. The van der Waals surface area contributed by atoms with Crippen molar-refractivity contribution in [1.29, 1.82) is 0 Å². The number of rotatable bonds is 2. The molecule has 0 unspecified atom stereocenters. The molecule has 20 heavy (non-hydrogen) atoms. The number of quaternary nitrogens is 1. The third-order valence-electron chi connectivity index (χ3n) is 4.12. The topological polar surface area (TPSA) is 27.6 Å². The largest absolute Gasteiger partial charge is 0.354 e. The average molecular weight is 285 g/mol. The van der Waals surface area contributed by atoms with E-state index in [4.69, 9.17) is 11.6 Å². The summed E-state index contributed by atoms with van der Waals surface area (Å²) in [6.45, 7) is 0. The molecular formula is C18H19ClN+. The lowest BCUT2D eigenvalue weighted by atomic mass is 9.79. The molecule has 0 amide bonds. The summed E-state index contributed by atoms with van der Waals surface area (Å²) in [5.74, 6) is 0.427. The summed E-state index contributed by atoms with van der Waals surface area (Å²) >= 11 is 6.33. The Kier molecular flexibility index (Phi) is 3.90. The Morgan fingerprint density at radius 1 is 0.950 bits per heavy atom. The molecule has 1 nitrogen and oxygen atoms in total. The SMILES string of the molecule is [NH3+][C@H]1CC(c2ccccc2)=CC[C@@H]1c1ccccc1Cl. The number of halogens is 1. The number of benzene rings is 2. The molecule has 3 N–H and O–H groups in total. The smallest absolute Gasteiger partial charge is 0.0957 e. The van der Waals surface area contributed by atoms with Gasteiger partial charge in [-0.15, -0.1) is 0 Å². The van der Waals surface area contributed by atoms with E-state index in [2.05, 4.69) is 54.3 Å². The van der Waals surface area contributed by atoms with Crippen LogP contribution in [-0.4, -0.2) is 6.04 Å². The maximum Gasteiger partial charge on any atom is 0.0957 e. The van der Waals surface area contributed by atoms with Crippen LogP contribution < -0.4 is 5.73 Å². The van der Waals surface area contributed by atoms with Gasteiger partial charge in [-0.25, -0.2) is 0 Å².